The van der Waals surface area contributed by atoms with Crippen molar-refractivity contribution in [3.05, 3.63) is 32.3 Å². The zero-order valence-corrected chi connectivity index (χ0v) is 11.3. The number of nitro groups is 1. The van der Waals surface area contributed by atoms with Crippen molar-refractivity contribution in [2.45, 2.75) is 25.9 Å². The van der Waals surface area contributed by atoms with Crippen molar-refractivity contribution in [2.75, 3.05) is 11.9 Å². The summed E-state index contributed by atoms with van der Waals surface area (Å²) < 4.78 is 0. The van der Waals surface area contributed by atoms with Crippen molar-refractivity contribution < 1.29 is 10.0 Å². The van der Waals surface area contributed by atoms with E-state index in [1.54, 1.807) is 6.92 Å². The minimum atomic E-state index is -0.547. The van der Waals surface area contributed by atoms with Gasteiger partial charge in [-0.1, -0.05) is 23.2 Å². The predicted octanol–water partition coefficient (Wildman–Crippen LogP) is 3.47. The number of halogens is 2. The lowest BCUT2D eigenvalue weighted by Crippen LogP contribution is -2.07. The van der Waals surface area contributed by atoms with E-state index in [-0.39, 0.29) is 21.8 Å². The fraction of sp³-hybridized carbons (Fsp3) is 0.455. The van der Waals surface area contributed by atoms with Crippen molar-refractivity contribution >= 4 is 34.6 Å². The lowest BCUT2D eigenvalue weighted by atomic mass is 10.2. The molecule has 1 aromatic rings. The van der Waals surface area contributed by atoms with Crippen molar-refractivity contribution in [3.63, 3.8) is 0 Å². The van der Waals surface area contributed by atoms with E-state index in [0.717, 1.165) is 6.42 Å². The lowest BCUT2D eigenvalue weighted by molar-refractivity contribution is -0.384. The van der Waals surface area contributed by atoms with Crippen LogP contribution in [0.25, 0.3) is 0 Å². The summed E-state index contributed by atoms with van der Waals surface area (Å²) in [6.07, 6.45) is 1.06. The van der Waals surface area contributed by atoms with Gasteiger partial charge in [0.15, 0.2) is 0 Å². The first kappa shape index (κ1) is 15.0. The molecule has 1 atom stereocenters. The summed E-state index contributed by atoms with van der Waals surface area (Å²) in [5, 5.41) is 23.1. The fourth-order valence-electron chi connectivity index (χ4n) is 1.44. The molecule has 0 aliphatic heterocycles. The Hall–Kier alpha value is -1.04. The molecule has 0 aromatic heterocycles. The molecule has 0 radical (unpaired) electrons. The first-order valence-corrected chi connectivity index (χ1v) is 6.22. The minimum absolute atomic E-state index is 0.139. The molecule has 7 heteroatoms. The molecule has 0 spiro atoms. The van der Waals surface area contributed by atoms with Gasteiger partial charge in [0.2, 0.25) is 0 Å². The summed E-state index contributed by atoms with van der Waals surface area (Å²) in [5.41, 5.74) is 0.342. The number of non-ortho nitro benzene ring substituents is 1. The molecule has 1 aromatic carbocycles. The third-order valence-electron chi connectivity index (χ3n) is 2.34. The highest BCUT2D eigenvalue weighted by Crippen LogP contribution is 2.34. The molecule has 0 aliphatic rings. The fourth-order valence-corrected chi connectivity index (χ4v) is 2.05. The Morgan fingerprint density at radius 1 is 1.44 bits per heavy atom. The van der Waals surface area contributed by atoms with Crippen LogP contribution in [-0.4, -0.2) is 22.7 Å². The second-order valence-corrected chi connectivity index (χ2v) is 4.77. The SMILES string of the molecule is CC(O)CCCNc1c(Cl)cc([N+](=O)[O-])cc1Cl. The third kappa shape index (κ3) is 4.33. The van der Waals surface area contributed by atoms with E-state index in [4.69, 9.17) is 28.3 Å². The number of aliphatic hydroxyl groups is 1. The second kappa shape index (κ2) is 6.78. The van der Waals surface area contributed by atoms with E-state index < -0.39 is 4.92 Å². The number of nitrogens with one attached hydrogen (secondary N) is 1. The molecule has 0 saturated carbocycles. The molecule has 1 unspecified atom stereocenters. The Morgan fingerprint density at radius 2 is 2.00 bits per heavy atom. The third-order valence-corrected chi connectivity index (χ3v) is 2.93. The van der Waals surface area contributed by atoms with Gasteiger partial charge in [0.1, 0.15) is 0 Å². The average Bonchev–Trinajstić information content (AvgIpc) is 2.26. The number of nitro benzene ring substituents is 1. The molecule has 5 nitrogen and oxygen atoms in total. The van der Waals surface area contributed by atoms with Crippen molar-refractivity contribution in [1.82, 2.24) is 0 Å². The molecule has 0 heterocycles. The van der Waals surface area contributed by atoms with Gasteiger partial charge in [-0.05, 0) is 19.8 Å². The minimum Gasteiger partial charge on any atom is -0.393 e. The van der Waals surface area contributed by atoms with Crippen molar-refractivity contribution in [3.8, 4) is 0 Å². The van der Waals surface area contributed by atoms with Crippen molar-refractivity contribution in [1.29, 1.82) is 0 Å². The van der Waals surface area contributed by atoms with E-state index in [9.17, 15) is 10.1 Å². The smallest absolute Gasteiger partial charge is 0.272 e. The largest absolute Gasteiger partial charge is 0.393 e. The standard InChI is InChI=1S/C11H14Cl2N2O3/c1-7(16)3-2-4-14-11-9(12)5-8(15(17)18)6-10(11)13/h5-7,14,16H,2-4H2,1H3. The molecule has 100 valence electrons. The Morgan fingerprint density at radius 3 is 2.44 bits per heavy atom. The van der Waals surface area contributed by atoms with Gasteiger partial charge in [0.25, 0.3) is 5.69 Å². The molecular formula is C11H14Cl2N2O3. The average molecular weight is 293 g/mol. The molecule has 0 bridgehead atoms. The van der Waals surface area contributed by atoms with Crippen LogP contribution in [0.4, 0.5) is 11.4 Å². The van der Waals surface area contributed by atoms with Crippen LogP contribution in [0.5, 0.6) is 0 Å². The Labute approximate surface area is 115 Å². The quantitative estimate of drug-likeness (QED) is 0.478. The second-order valence-electron chi connectivity index (χ2n) is 3.96. The van der Waals surface area contributed by atoms with Gasteiger partial charge < -0.3 is 10.4 Å². The number of nitrogens with zero attached hydrogens (tertiary/aromatic N) is 1. The zero-order valence-electron chi connectivity index (χ0n) is 9.82. The summed E-state index contributed by atoms with van der Waals surface area (Å²) in [7, 11) is 0. The van der Waals surface area contributed by atoms with Gasteiger partial charge in [-0.2, -0.15) is 0 Å². The molecular weight excluding hydrogens is 279 g/mol. The maximum atomic E-state index is 10.6. The van der Waals surface area contributed by atoms with E-state index in [1.807, 2.05) is 0 Å². The highest BCUT2D eigenvalue weighted by Gasteiger charge is 2.14. The highest BCUT2D eigenvalue weighted by molar-refractivity contribution is 6.39. The van der Waals surface area contributed by atoms with Gasteiger partial charge in [0.05, 0.1) is 26.8 Å². The summed E-state index contributed by atoms with van der Waals surface area (Å²) in [6, 6.07) is 2.51. The first-order chi connectivity index (χ1) is 8.41. The van der Waals surface area contributed by atoms with E-state index in [1.165, 1.54) is 12.1 Å². The van der Waals surface area contributed by atoms with Gasteiger partial charge in [-0.3, -0.25) is 10.1 Å². The Kier molecular flexibility index (Phi) is 5.65. The maximum absolute atomic E-state index is 10.6. The van der Waals surface area contributed by atoms with Crippen LogP contribution >= 0.6 is 23.2 Å². The molecule has 0 amide bonds. The molecule has 2 N–H and O–H groups in total. The summed E-state index contributed by atoms with van der Waals surface area (Å²) >= 11 is 11.8. The van der Waals surface area contributed by atoms with Crippen LogP contribution in [-0.2, 0) is 0 Å². The number of hydrogen-bond acceptors (Lipinski definition) is 4. The molecule has 0 fully saturated rings. The van der Waals surface area contributed by atoms with Crippen LogP contribution in [0.15, 0.2) is 12.1 Å². The molecule has 1 rings (SSSR count). The number of aliphatic hydroxyl groups excluding tert-OH is 1. The normalized spacial score (nSPS) is 12.2. The van der Waals surface area contributed by atoms with Gasteiger partial charge >= 0.3 is 0 Å². The first-order valence-electron chi connectivity index (χ1n) is 5.47. The number of rotatable bonds is 6. The van der Waals surface area contributed by atoms with Gasteiger partial charge in [-0.25, -0.2) is 0 Å². The highest BCUT2D eigenvalue weighted by atomic mass is 35.5. The predicted molar refractivity (Wildman–Crippen MR) is 72.5 cm³/mol. The van der Waals surface area contributed by atoms with Crippen LogP contribution in [0.2, 0.25) is 10.0 Å². The van der Waals surface area contributed by atoms with Crippen LogP contribution in [0.3, 0.4) is 0 Å². The van der Waals surface area contributed by atoms with Crippen molar-refractivity contribution in [2.24, 2.45) is 0 Å². The molecule has 0 aliphatic carbocycles. The number of benzene rings is 1. The Balaban J connectivity index is 2.69. The van der Waals surface area contributed by atoms with Crippen LogP contribution in [0, 0.1) is 10.1 Å². The van der Waals surface area contributed by atoms with E-state index in [0.29, 0.717) is 18.7 Å². The van der Waals surface area contributed by atoms with E-state index >= 15 is 0 Å². The topological polar surface area (TPSA) is 75.4 Å². The summed E-state index contributed by atoms with van der Waals surface area (Å²) in [5.74, 6) is 0. The summed E-state index contributed by atoms with van der Waals surface area (Å²) in [4.78, 5) is 10.0. The monoisotopic (exact) mass is 292 g/mol. The van der Waals surface area contributed by atoms with Gasteiger partial charge in [-0.15, -0.1) is 0 Å². The van der Waals surface area contributed by atoms with Crippen LogP contribution in [0.1, 0.15) is 19.8 Å². The molecule has 0 saturated heterocycles. The number of anilines is 1. The summed E-state index contributed by atoms with van der Waals surface area (Å²) in [6.45, 7) is 2.30. The van der Waals surface area contributed by atoms with Crippen LogP contribution < -0.4 is 5.32 Å². The van der Waals surface area contributed by atoms with E-state index in [2.05, 4.69) is 5.32 Å². The lowest BCUT2D eigenvalue weighted by Gasteiger charge is -2.10. The molecule has 18 heavy (non-hydrogen) atoms. The zero-order chi connectivity index (χ0) is 13.7. The maximum Gasteiger partial charge on any atom is 0.272 e. The number of hydrogen-bond donors (Lipinski definition) is 2. The Bertz CT molecular complexity index is 415. The van der Waals surface area contributed by atoms with Gasteiger partial charge in [0, 0.05) is 18.7 Å².